The van der Waals surface area contributed by atoms with E-state index in [2.05, 4.69) is 40.3 Å². The number of hydrogen-bond donors (Lipinski definition) is 4. The van der Waals surface area contributed by atoms with Crippen LogP contribution in [0.15, 0.2) is 23.8 Å². The van der Waals surface area contributed by atoms with Crippen LogP contribution in [-0.2, 0) is 4.79 Å². The maximum atomic E-state index is 12.8. The molecular formula is C30H46O5. The molecular weight excluding hydrogens is 440 g/mol. The molecule has 0 spiro atoms. The summed E-state index contributed by atoms with van der Waals surface area (Å²) in [6, 6.07) is 0. The third kappa shape index (κ3) is 2.89. The Kier molecular flexibility index (Phi) is 5.59. The van der Waals surface area contributed by atoms with Crippen LogP contribution >= 0.6 is 0 Å². The second kappa shape index (κ2) is 7.68. The second-order valence-electron chi connectivity index (χ2n) is 14.1. The highest BCUT2D eigenvalue weighted by Crippen LogP contribution is 2.75. The van der Waals surface area contributed by atoms with Gasteiger partial charge in [-0.1, -0.05) is 58.4 Å². The fourth-order valence-corrected chi connectivity index (χ4v) is 10.7. The molecule has 0 aliphatic heterocycles. The van der Waals surface area contributed by atoms with Gasteiger partial charge < -0.3 is 20.4 Å². The summed E-state index contributed by atoms with van der Waals surface area (Å²) in [4.78, 5) is 12.8. The van der Waals surface area contributed by atoms with E-state index in [0.29, 0.717) is 25.2 Å². The average molecular weight is 487 g/mol. The Labute approximate surface area is 210 Å². The van der Waals surface area contributed by atoms with E-state index in [1.807, 2.05) is 6.92 Å². The van der Waals surface area contributed by atoms with Crippen molar-refractivity contribution in [2.24, 2.45) is 50.7 Å². The van der Waals surface area contributed by atoms with E-state index in [9.17, 15) is 25.2 Å². The molecule has 11 atom stereocenters. The fourth-order valence-electron chi connectivity index (χ4n) is 10.7. The van der Waals surface area contributed by atoms with Gasteiger partial charge in [-0.25, -0.2) is 0 Å². The number of carboxylic acids is 1. The lowest BCUT2D eigenvalue weighted by molar-refractivity contribution is -0.243. The van der Waals surface area contributed by atoms with Gasteiger partial charge in [0.15, 0.2) is 0 Å². The van der Waals surface area contributed by atoms with E-state index in [0.717, 1.165) is 32.1 Å². The summed E-state index contributed by atoms with van der Waals surface area (Å²) in [6.07, 6.45) is 7.00. The van der Waals surface area contributed by atoms with Crippen molar-refractivity contribution in [1.82, 2.24) is 0 Å². The summed E-state index contributed by atoms with van der Waals surface area (Å²) in [5.74, 6) is -0.0668. The number of carboxylic acid groups (broad SMARTS) is 1. The lowest BCUT2D eigenvalue weighted by Gasteiger charge is -2.71. The molecule has 35 heavy (non-hydrogen) atoms. The molecule has 0 saturated heterocycles. The van der Waals surface area contributed by atoms with Crippen LogP contribution in [0.3, 0.4) is 0 Å². The largest absolute Gasteiger partial charge is 0.481 e. The summed E-state index contributed by atoms with van der Waals surface area (Å²) < 4.78 is 0. The number of rotatable bonds is 2. The van der Waals surface area contributed by atoms with Crippen LogP contribution in [0.2, 0.25) is 0 Å². The van der Waals surface area contributed by atoms with Gasteiger partial charge in [0.1, 0.15) is 0 Å². The molecule has 5 rings (SSSR count). The number of carbonyl (C=O) groups is 1. The van der Waals surface area contributed by atoms with Gasteiger partial charge in [0, 0.05) is 11.3 Å². The Morgan fingerprint density at radius 3 is 2.40 bits per heavy atom. The van der Waals surface area contributed by atoms with Gasteiger partial charge in [0.25, 0.3) is 0 Å². The highest BCUT2D eigenvalue weighted by molar-refractivity contribution is 5.77. The highest BCUT2D eigenvalue weighted by Gasteiger charge is 2.70. The van der Waals surface area contributed by atoms with Crippen LogP contribution < -0.4 is 0 Å². The van der Waals surface area contributed by atoms with E-state index in [-0.39, 0.29) is 40.6 Å². The second-order valence-corrected chi connectivity index (χ2v) is 14.1. The van der Waals surface area contributed by atoms with Gasteiger partial charge in [-0.05, 0) is 85.4 Å². The average Bonchev–Trinajstić information content (AvgIpc) is 2.80. The summed E-state index contributed by atoms with van der Waals surface area (Å²) in [5, 5.41) is 42.8. The Hall–Kier alpha value is -1.17. The number of aliphatic hydroxyl groups is 3. The number of aliphatic carboxylic acids is 1. The minimum atomic E-state index is -0.917. The normalized spacial score (nSPS) is 55.7. The zero-order valence-electron chi connectivity index (χ0n) is 22.3. The molecule has 196 valence electrons. The SMILES string of the molecule is C=C1CC[C@]2(C(=O)O)CC[C@]3(C)C(=CC[C@@H]4[C@]5(C)C[C@@H](O)[C@H](O)[C@](C)(CO)[C@@H]5CC[C@@]43C)[C@@H]2[C@@H]1C. The van der Waals surface area contributed by atoms with Crippen molar-refractivity contribution in [1.29, 1.82) is 0 Å². The molecule has 4 fully saturated rings. The first-order chi connectivity index (χ1) is 16.2. The van der Waals surface area contributed by atoms with Crippen LogP contribution in [-0.4, -0.2) is 45.2 Å². The van der Waals surface area contributed by atoms with Crippen LogP contribution in [0.25, 0.3) is 0 Å². The monoisotopic (exact) mass is 486 g/mol. The number of hydrogen-bond acceptors (Lipinski definition) is 4. The first-order valence-electron chi connectivity index (χ1n) is 13.8. The minimum Gasteiger partial charge on any atom is -0.481 e. The van der Waals surface area contributed by atoms with Crippen molar-refractivity contribution in [3.8, 4) is 0 Å². The Morgan fingerprint density at radius 1 is 1.09 bits per heavy atom. The molecule has 0 unspecified atom stereocenters. The van der Waals surface area contributed by atoms with Crippen molar-refractivity contribution in [3.05, 3.63) is 23.8 Å². The predicted molar refractivity (Wildman–Crippen MR) is 135 cm³/mol. The molecule has 5 aliphatic rings. The highest BCUT2D eigenvalue weighted by atomic mass is 16.4. The molecule has 0 heterocycles. The Morgan fingerprint density at radius 2 is 1.77 bits per heavy atom. The molecule has 0 aromatic heterocycles. The minimum absolute atomic E-state index is 0.00946. The predicted octanol–water partition coefficient (Wildman–Crippen LogP) is 4.95. The molecule has 4 N–H and O–H groups in total. The quantitative estimate of drug-likeness (QED) is 0.414. The standard InChI is InChI=1S/C30H46O5/c1-17-9-12-30(25(34)35)14-13-28(5)19(23(30)18(17)2)7-8-22-26(3)15-20(32)24(33)27(4,16-31)21(26)10-11-29(22,28)6/h7,18,20-24,31-33H,1,8-16H2,2-6H3,(H,34,35)/t18-,20-,21-,22-,23+,24+,26-,27-,28-,29+,30+/m1/s1. The summed E-state index contributed by atoms with van der Waals surface area (Å²) in [5.41, 5.74) is 0.748. The summed E-state index contributed by atoms with van der Waals surface area (Å²) >= 11 is 0. The van der Waals surface area contributed by atoms with E-state index >= 15 is 0 Å². The van der Waals surface area contributed by atoms with E-state index < -0.39 is 29.0 Å². The van der Waals surface area contributed by atoms with Crippen LogP contribution in [0.5, 0.6) is 0 Å². The van der Waals surface area contributed by atoms with Crippen LogP contribution in [0.1, 0.15) is 86.0 Å². The lowest BCUT2D eigenvalue weighted by atomic mass is 9.33. The molecule has 0 aromatic rings. The fraction of sp³-hybridized carbons (Fsp3) is 0.833. The number of fused-ring (bicyclic) bond motifs is 7. The lowest BCUT2D eigenvalue weighted by Crippen LogP contribution is -2.68. The molecule has 5 heteroatoms. The molecule has 5 nitrogen and oxygen atoms in total. The molecule has 0 aromatic carbocycles. The van der Waals surface area contributed by atoms with Crippen molar-refractivity contribution >= 4 is 5.97 Å². The van der Waals surface area contributed by atoms with Crippen LogP contribution in [0, 0.1) is 50.7 Å². The number of allylic oxidation sites excluding steroid dienone is 3. The molecule has 0 radical (unpaired) electrons. The van der Waals surface area contributed by atoms with Gasteiger partial charge in [-0.15, -0.1) is 0 Å². The van der Waals surface area contributed by atoms with Crippen molar-refractivity contribution < 1.29 is 25.2 Å². The van der Waals surface area contributed by atoms with Crippen molar-refractivity contribution in [2.45, 2.75) is 98.2 Å². The summed E-state index contributed by atoms with van der Waals surface area (Å²) in [6.45, 7) is 15.5. The van der Waals surface area contributed by atoms with Gasteiger partial charge in [-0.3, -0.25) is 4.79 Å². The van der Waals surface area contributed by atoms with Gasteiger partial charge in [0.05, 0.1) is 24.2 Å². The molecule has 4 saturated carbocycles. The third-order valence-electron chi connectivity index (χ3n) is 13.1. The van der Waals surface area contributed by atoms with E-state index in [4.69, 9.17) is 0 Å². The summed E-state index contributed by atoms with van der Waals surface area (Å²) in [7, 11) is 0. The zero-order valence-corrected chi connectivity index (χ0v) is 22.3. The van der Waals surface area contributed by atoms with E-state index in [1.165, 1.54) is 11.1 Å². The molecule has 5 aliphatic carbocycles. The van der Waals surface area contributed by atoms with Gasteiger partial charge in [-0.2, -0.15) is 0 Å². The van der Waals surface area contributed by atoms with Crippen LogP contribution in [0.4, 0.5) is 0 Å². The topological polar surface area (TPSA) is 98.0 Å². The zero-order chi connectivity index (χ0) is 25.8. The Balaban J connectivity index is 1.63. The maximum absolute atomic E-state index is 12.8. The Bertz CT molecular complexity index is 972. The third-order valence-corrected chi connectivity index (χ3v) is 13.1. The maximum Gasteiger partial charge on any atom is 0.310 e. The van der Waals surface area contributed by atoms with Crippen molar-refractivity contribution in [2.75, 3.05) is 6.61 Å². The van der Waals surface area contributed by atoms with Gasteiger partial charge >= 0.3 is 5.97 Å². The van der Waals surface area contributed by atoms with Gasteiger partial charge in [0.2, 0.25) is 0 Å². The molecule has 0 amide bonds. The smallest absolute Gasteiger partial charge is 0.310 e. The molecule has 0 bridgehead atoms. The first kappa shape index (κ1) is 25.5. The van der Waals surface area contributed by atoms with Crippen molar-refractivity contribution in [3.63, 3.8) is 0 Å². The number of aliphatic hydroxyl groups excluding tert-OH is 3. The first-order valence-corrected chi connectivity index (χ1v) is 13.8. The van der Waals surface area contributed by atoms with E-state index in [1.54, 1.807) is 0 Å².